The number of hydrogen-bond donors (Lipinski definition) is 1. The van der Waals surface area contributed by atoms with Gasteiger partial charge in [0.1, 0.15) is 18.1 Å². The van der Waals surface area contributed by atoms with Crippen molar-refractivity contribution in [2.45, 2.75) is 25.4 Å². The second-order valence-corrected chi connectivity index (χ2v) is 5.08. The van der Waals surface area contributed by atoms with Gasteiger partial charge in [0.25, 0.3) is 0 Å². The summed E-state index contributed by atoms with van der Waals surface area (Å²) < 4.78 is 18.8. The van der Waals surface area contributed by atoms with Gasteiger partial charge in [0.15, 0.2) is 5.76 Å². The van der Waals surface area contributed by atoms with Gasteiger partial charge in [-0.15, -0.1) is 0 Å². The minimum atomic E-state index is -0.408. The highest BCUT2D eigenvalue weighted by molar-refractivity contribution is 6.31. The van der Waals surface area contributed by atoms with Crippen molar-refractivity contribution >= 4 is 11.6 Å². The summed E-state index contributed by atoms with van der Waals surface area (Å²) in [5, 5.41) is 2.41. The van der Waals surface area contributed by atoms with E-state index in [1.54, 1.807) is 12.1 Å². The lowest BCUT2D eigenvalue weighted by atomic mass is 10.2. The monoisotopic (exact) mass is 266 g/mol. The van der Waals surface area contributed by atoms with Crippen molar-refractivity contribution < 1.29 is 14.1 Å². The van der Waals surface area contributed by atoms with Gasteiger partial charge < -0.3 is 9.73 Å². The fourth-order valence-electron chi connectivity index (χ4n) is 1.91. The second-order valence-electron chi connectivity index (χ2n) is 4.67. The quantitative estimate of drug-likeness (QED) is 0.906. The van der Waals surface area contributed by atoms with E-state index in [4.69, 9.17) is 16.0 Å². The van der Waals surface area contributed by atoms with Crippen LogP contribution in [0.4, 0.5) is 4.39 Å². The molecule has 0 amide bonds. The fourth-order valence-corrected chi connectivity index (χ4v) is 2.09. The molecule has 1 aliphatic rings. The molecule has 0 aliphatic heterocycles. The van der Waals surface area contributed by atoms with Crippen LogP contribution in [0.5, 0.6) is 0 Å². The summed E-state index contributed by atoms with van der Waals surface area (Å²) in [7, 11) is 0. The van der Waals surface area contributed by atoms with Gasteiger partial charge in [-0.25, -0.2) is 4.39 Å². The van der Waals surface area contributed by atoms with Gasteiger partial charge in [0.2, 0.25) is 0 Å². The first kappa shape index (κ1) is 11.8. The second kappa shape index (κ2) is 4.75. The predicted octanol–water partition coefficient (Wildman–Crippen LogP) is 2.96. The van der Waals surface area contributed by atoms with Gasteiger partial charge in [-0.05, 0) is 30.3 Å². The summed E-state index contributed by atoms with van der Waals surface area (Å²) in [5.74, 6) is 1.27. The molecular weight excluding hydrogens is 253 g/mol. The van der Waals surface area contributed by atoms with E-state index in [1.165, 1.54) is 18.9 Å². The molecular formula is C14H14ClFNO+. The van der Waals surface area contributed by atoms with Crippen molar-refractivity contribution in [2.24, 2.45) is 0 Å². The minimum Gasteiger partial charge on any atom is -0.455 e. The van der Waals surface area contributed by atoms with E-state index in [0.29, 0.717) is 0 Å². The summed E-state index contributed by atoms with van der Waals surface area (Å²) in [5.41, 5.74) is 0.805. The Morgan fingerprint density at radius 3 is 2.83 bits per heavy atom. The van der Waals surface area contributed by atoms with Crippen molar-refractivity contribution in [3.63, 3.8) is 0 Å². The summed E-state index contributed by atoms with van der Waals surface area (Å²) in [4.78, 5) is 0. The Labute approximate surface area is 110 Å². The van der Waals surface area contributed by atoms with Gasteiger partial charge in [-0.3, -0.25) is 0 Å². The molecule has 0 unspecified atom stereocenters. The number of quaternary nitrogens is 1. The van der Waals surface area contributed by atoms with Crippen molar-refractivity contribution in [2.75, 3.05) is 0 Å². The average Bonchev–Trinajstić information content (AvgIpc) is 3.08. The Morgan fingerprint density at radius 1 is 1.28 bits per heavy atom. The van der Waals surface area contributed by atoms with Crippen molar-refractivity contribution in [1.29, 1.82) is 0 Å². The van der Waals surface area contributed by atoms with Gasteiger partial charge in [-0.2, -0.15) is 0 Å². The van der Waals surface area contributed by atoms with Gasteiger partial charge >= 0.3 is 0 Å². The number of benzene rings is 1. The number of rotatable bonds is 4. The molecule has 1 aromatic heterocycles. The number of halogens is 2. The fraction of sp³-hybridized carbons (Fsp3) is 0.286. The predicted molar refractivity (Wildman–Crippen MR) is 67.8 cm³/mol. The zero-order chi connectivity index (χ0) is 12.5. The topological polar surface area (TPSA) is 29.8 Å². The standard InChI is InChI=1S/C14H13ClFNO/c15-12-7-9(1-5-13(12)16)14-6-4-11(18-14)8-17-10-2-3-10/h1,4-7,10,17H,2-3,8H2/p+1. The molecule has 2 nitrogen and oxygen atoms in total. The summed E-state index contributed by atoms with van der Waals surface area (Å²) in [6.45, 7) is 0.861. The highest BCUT2D eigenvalue weighted by atomic mass is 35.5. The van der Waals surface area contributed by atoms with Crippen molar-refractivity contribution in [3.8, 4) is 11.3 Å². The lowest BCUT2D eigenvalue weighted by Crippen LogP contribution is -2.84. The molecule has 0 atom stereocenters. The lowest BCUT2D eigenvalue weighted by Gasteiger charge is -1.99. The van der Waals surface area contributed by atoms with Crippen molar-refractivity contribution in [1.82, 2.24) is 0 Å². The maximum Gasteiger partial charge on any atom is 0.158 e. The van der Waals surface area contributed by atoms with E-state index in [0.717, 1.165) is 29.7 Å². The molecule has 3 rings (SSSR count). The smallest absolute Gasteiger partial charge is 0.158 e. The van der Waals surface area contributed by atoms with Crippen LogP contribution < -0.4 is 5.32 Å². The first-order chi connectivity index (χ1) is 8.72. The minimum absolute atomic E-state index is 0.120. The van der Waals surface area contributed by atoms with Crippen LogP contribution >= 0.6 is 11.6 Å². The molecule has 1 aromatic carbocycles. The molecule has 2 aromatic rings. The van der Waals surface area contributed by atoms with E-state index < -0.39 is 5.82 Å². The third kappa shape index (κ3) is 2.57. The maximum absolute atomic E-state index is 13.1. The van der Waals surface area contributed by atoms with Crippen LogP contribution in [-0.4, -0.2) is 6.04 Å². The Hall–Kier alpha value is -1.32. The summed E-state index contributed by atoms with van der Waals surface area (Å²) in [6.07, 6.45) is 2.61. The number of nitrogens with two attached hydrogens (primary N) is 1. The van der Waals surface area contributed by atoms with Gasteiger partial charge in [-0.1, -0.05) is 11.6 Å². The molecule has 18 heavy (non-hydrogen) atoms. The molecule has 94 valence electrons. The summed E-state index contributed by atoms with van der Waals surface area (Å²) in [6, 6.07) is 9.26. The Balaban J connectivity index is 1.76. The Morgan fingerprint density at radius 2 is 2.11 bits per heavy atom. The molecule has 1 aliphatic carbocycles. The largest absolute Gasteiger partial charge is 0.455 e. The van der Waals surface area contributed by atoms with Crippen LogP contribution in [0, 0.1) is 5.82 Å². The van der Waals surface area contributed by atoms with Crippen molar-refractivity contribution in [3.05, 3.63) is 46.9 Å². The SMILES string of the molecule is Fc1ccc(-c2ccc(C[NH2+]C3CC3)o2)cc1Cl. The van der Waals surface area contributed by atoms with Crippen LogP contribution in [0.2, 0.25) is 5.02 Å². The third-order valence-corrected chi connectivity index (χ3v) is 3.43. The molecule has 1 fully saturated rings. The molecule has 4 heteroatoms. The van der Waals surface area contributed by atoms with Gasteiger partial charge in [0, 0.05) is 18.4 Å². The number of hydrogen-bond acceptors (Lipinski definition) is 1. The highest BCUT2D eigenvalue weighted by Gasteiger charge is 2.25. The van der Waals surface area contributed by atoms with Crippen LogP contribution in [-0.2, 0) is 6.54 Å². The first-order valence-corrected chi connectivity index (χ1v) is 6.47. The van der Waals surface area contributed by atoms with E-state index in [2.05, 4.69) is 5.32 Å². The molecule has 0 spiro atoms. The molecule has 0 bridgehead atoms. The lowest BCUT2D eigenvalue weighted by molar-refractivity contribution is -0.685. The zero-order valence-corrected chi connectivity index (χ0v) is 10.6. The zero-order valence-electron chi connectivity index (χ0n) is 9.83. The molecule has 1 saturated carbocycles. The highest BCUT2D eigenvalue weighted by Crippen LogP contribution is 2.26. The van der Waals surface area contributed by atoms with Crippen LogP contribution in [0.25, 0.3) is 11.3 Å². The van der Waals surface area contributed by atoms with E-state index in [9.17, 15) is 4.39 Å². The van der Waals surface area contributed by atoms with Crippen LogP contribution in [0.3, 0.4) is 0 Å². The van der Waals surface area contributed by atoms with Gasteiger partial charge in [0.05, 0.1) is 11.1 Å². The maximum atomic E-state index is 13.1. The van der Waals surface area contributed by atoms with Crippen LogP contribution in [0.1, 0.15) is 18.6 Å². The normalized spacial score (nSPS) is 15.0. The molecule has 2 N–H and O–H groups in total. The third-order valence-electron chi connectivity index (χ3n) is 3.14. The van der Waals surface area contributed by atoms with E-state index in [-0.39, 0.29) is 5.02 Å². The van der Waals surface area contributed by atoms with E-state index in [1.807, 2.05) is 12.1 Å². The molecule has 1 heterocycles. The Bertz CT molecular complexity index is 563. The van der Waals surface area contributed by atoms with E-state index >= 15 is 0 Å². The van der Waals surface area contributed by atoms with Crippen LogP contribution in [0.15, 0.2) is 34.7 Å². The summed E-state index contributed by atoms with van der Waals surface area (Å²) >= 11 is 5.76. The Kier molecular flexibility index (Phi) is 3.10. The number of furan rings is 1. The average molecular weight is 267 g/mol. The molecule has 0 radical (unpaired) electrons. The first-order valence-electron chi connectivity index (χ1n) is 6.10. The molecule has 0 saturated heterocycles.